The largest absolute Gasteiger partial charge is 0.395 e. The number of carbonyl (C=O) groups excluding carboxylic acids is 2. The highest BCUT2D eigenvalue weighted by Crippen LogP contribution is 2.22. The second-order valence-electron chi connectivity index (χ2n) is 4.93. The van der Waals surface area contributed by atoms with E-state index in [2.05, 4.69) is 15.5 Å². The first-order chi connectivity index (χ1) is 9.17. The van der Waals surface area contributed by atoms with Gasteiger partial charge in [0.25, 0.3) is 0 Å². The third-order valence-corrected chi connectivity index (χ3v) is 3.58. The summed E-state index contributed by atoms with van der Waals surface area (Å²) in [5.74, 6) is -0.280. The summed E-state index contributed by atoms with van der Waals surface area (Å²) in [6.07, 6.45) is 6.27. The van der Waals surface area contributed by atoms with Crippen LogP contribution in [0.25, 0.3) is 0 Å². The number of rotatable bonds is 6. The van der Waals surface area contributed by atoms with Gasteiger partial charge in [-0.3, -0.25) is 15.0 Å². The number of urea groups is 1. The van der Waals surface area contributed by atoms with Crippen molar-refractivity contribution in [2.75, 3.05) is 26.7 Å². The number of hydrogen-bond acceptors (Lipinski definition) is 4. The second kappa shape index (κ2) is 8.87. The summed E-state index contributed by atoms with van der Waals surface area (Å²) in [6.45, 7) is 1.29. The topological polar surface area (TPSA) is 81.7 Å². The van der Waals surface area contributed by atoms with Crippen LogP contribution in [0.4, 0.5) is 4.79 Å². The number of aliphatic hydroxyl groups excluding tert-OH is 1. The predicted octanol–water partition coefficient (Wildman–Crippen LogP) is 0.459. The van der Waals surface area contributed by atoms with Gasteiger partial charge >= 0.3 is 6.03 Å². The molecule has 0 heterocycles. The van der Waals surface area contributed by atoms with Gasteiger partial charge in [0.05, 0.1) is 6.61 Å². The molecule has 0 aromatic heterocycles. The Kier molecular flexibility index (Phi) is 7.43. The van der Waals surface area contributed by atoms with Gasteiger partial charge in [-0.15, -0.1) is 0 Å². The van der Waals surface area contributed by atoms with Gasteiger partial charge in [0.1, 0.15) is 0 Å². The molecule has 1 saturated carbocycles. The molecule has 0 radical (unpaired) electrons. The molecule has 19 heavy (non-hydrogen) atoms. The highest BCUT2D eigenvalue weighted by atomic mass is 16.3. The lowest BCUT2D eigenvalue weighted by atomic mass is 9.94. The van der Waals surface area contributed by atoms with E-state index in [1.165, 1.54) is 26.3 Å². The van der Waals surface area contributed by atoms with E-state index >= 15 is 0 Å². The molecule has 0 saturated heterocycles. The molecule has 0 unspecified atom stereocenters. The van der Waals surface area contributed by atoms with E-state index in [1.54, 1.807) is 0 Å². The quantitative estimate of drug-likeness (QED) is 0.655. The molecule has 6 nitrogen and oxygen atoms in total. The Morgan fingerprint density at radius 2 is 1.89 bits per heavy atom. The zero-order chi connectivity index (χ0) is 14.1. The summed E-state index contributed by atoms with van der Waals surface area (Å²) < 4.78 is 0. The first-order valence-corrected chi connectivity index (χ1v) is 7.04. The first kappa shape index (κ1) is 15.9. The SMILES string of the molecule is CNC(=O)NC(=O)CCN(CCO)C1CCCCC1. The van der Waals surface area contributed by atoms with Crippen molar-refractivity contribution in [2.45, 2.75) is 44.6 Å². The summed E-state index contributed by atoms with van der Waals surface area (Å²) in [4.78, 5) is 24.7. The lowest BCUT2D eigenvalue weighted by Crippen LogP contribution is -2.43. The van der Waals surface area contributed by atoms with E-state index in [4.69, 9.17) is 5.11 Å². The van der Waals surface area contributed by atoms with Crippen LogP contribution in [0.2, 0.25) is 0 Å². The smallest absolute Gasteiger partial charge is 0.321 e. The van der Waals surface area contributed by atoms with Crippen LogP contribution in [0.3, 0.4) is 0 Å². The molecule has 1 fully saturated rings. The fourth-order valence-corrected chi connectivity index (χ4v) is 2.55. The van der Waals surface area contributed by atoms with Crippen molar-refractivity contribution in [1.82, 2.24) is 15.5 Å². The van der Waals surface area contributed by atoms with Crippen molar-refractivity contribution in [1.29, 1.82) is 0 Å². The third kappa shape index (κ3) is 6.02. The zero-order valence-electron chi connectivity index (χ0n) is 11.7. The molecule has 0 aliphatic heterocycles. The number of nitrogens with zero attached hydrogens (tertiary/aromatic N) is 1. The second-order valence-corrected chi connectivity index (χ2v) is 4.93. The molecule has 110 valence electrons. The Morgan fingerprint density at radius 3 is 2.47 bits per heavy atom. The molecule has 3 amide bonds. The minimum Gasteiger partial charge on any atom is -0.395 e. The highest BCUT2D eigenvalue weighted by Gasteiger charge is 2.21. The average Bonchev–Trinajstić information content (AvgIpc) is 2.44. The molecule has 0 aromatic rings. The van der Waals surface area contributed by atoms with Gasteiger partial charge in [-0.25, -0.2) is 4.79 Å². The van der Waals surface area contributed by atoms with E-state index < -0.39 is 6.03 Å². The molecule has 1 aliphatic rings. The van der Waals surface area contributed by atoms with Crippen molar-refractivity contribution in [3.05, 3.63) is 0 Å². The minimum absolute atomic E-state index is 0.105. The fourth-order valence-electron chi connectivity index (χ4n) is 2.55. The van der Waals surface area contributed by atoms with Gasteiger partial charge in [-0.05, 0) is 12.8 Å². The maximum Gasteiger partial charge on any atom is 0.321 e. The van der Waals surface area contributed by atoms with Crippen LogP contribution >= 0.6 is 0 Å². The standard InChI is InChI=1S/C13H25N3O3/c1-14-13(19)15-12(18)7-8-16(9-10-17)11-5-3-2-4-6-11/h11,17H,2-10H2,1H3,(H2,14,15,18,19). The maximum absolute atomic E-state index is 11.5. The van der Waals surface area contributed by atoms with E-state index in [0.717, 1.165) is 12.8 Å². The minimum atomic E-state index is -0.476. The number of carbonyl (C=O) groups is 2. The summed E-state index contributed by atoms with van der Waals surface area (Å²) in [5, 5.41) is 13.7. The third-order valence-electron chi connectivity index (χ3n) is 3.58. The van der Waals surface area contributed by atoms with Gasteiger partial charge in [-0.2, -0.15) is 0 Å². The van der Waals surface area contributed by atoms with Crippen LogP contribution in [0.5, 0.6) is 0 Å². The summed E-state index contributed by atoms with van der Waals surface area (Å²) in [7, 11) is 1.47. The van der Waals surface area contributed by atoms with Crippen molar-refractivity contribution < 1.29 is 14.7 Å². The predicted molar refractivity (Wildman–Crippen MR) is 72.7 cm³/mol. The maximum atomic E-state index is 11.5. The fraction of sp³-hybridized carbons (Fsp3) is 0.846. The van der Waals surface area contributed by atoms with Crippen molar-refractivity contribution in [2.24, 2.45) is 0 Å². The Balaban J connectivity index is 2.35. The first-order valence-electron chi connectivity index (χ1n) is 7.04. The normalized spacial score (nSPS) is 16.4. The van der Waals surface area contributed by atoms with Crippen LogP contribution < -0.4 is 10.6 Å². The molecule has 0 aromatic carbocycles. The highest BCUT2D eigenvalue weighted by molar-refractivity contribution is 5.94. The van der Waals surface area contributed by atoms with Crippen LogP contribution in [0.1, 0.15) is 38.5 Å². The van der Waals surface area contributed by atoms with E-state index in [1.807, 2.05) is 0 Å². The summed E-state index contributed by atoms with van der Waals surface area (Å²) in [5.41, 5.74) is 0. The summed E-state index contributed by atoms with van der Waals surface area (Å²) >= 11 is 0. The van der Waals surface area contributed by atoms with Crippen molar-refractivity contribution in [3.8, 4) is 0 Å². The molecular weight excluding hydrogens is 246 g/mol. The molecule has 0 spiro atoms. The van der Waals surface area contributed by atoms with Crippen molar-refractivity contribution >= 4 is 11.9 Å². The molecule has 6 heteroatoms. The molecule has 0 bridgehead atoms. The Labute approximate surface area is 114 Å². The van der Waals surface area contributed by atoms with E-state index in [9.17, 15) is 9.59 Å². The van der Waals surface area contributed by atoms with Gasteiger partial charge in [0, 0.05) is 32.6 Å². The monoisotopic (exact) mass is 271 g/mol. The van der Waals surface area contributed by atoms with Crippen LogP contribution in [0.15, 0.2) is 0 Å². The molecule has 1 aliphatic carbocycles. The van der Waals surface area contributed by atoms with Gasteiger partial charge in [0.2, 0.25) is 5.91 Å². The van der Waals surface area contributed by atoms with Gasteiger partial charge in [0.15, 0.2) is 0 Å². The van der Waals surface area contributed by atoms with Crippen LogP contribution in [-0.2, 0) is 4.79 Å². The summed E-state index contributed by atoms with van der Waals surface area (Å²) in [6, 6.07) is -0.00919. The molecule has 1 rings (SSSR count). The number of nitrogens with one attached hydrogen (secondary N) is 2. The Hall–Kier alpha value is -1.14. The average molecular weight is 271 g/mol. The molecular formula is C13H25N3O3. The van der Waals surface area contributed by atoms with Crippen LogP contribution in [0, 0.1) is 0 Å². The lowest BCUT2D eigenvalue weighted by molar-refractivity contribution is -0.120. The molecule has 0 atom stereocenters. The van der Waals surface area contributed by atoms with Crippen LogP contribution in [-0.4, -0.2) is 54.7 Å². The Morgan fingerprint density at radius 1 is 1.21 bits per heavy atom. The number of aliphatic hydroxyl groups is 1. The Bertz CT molecular complexity index is 291. The van der Waals surface area contributed by atoms with Gasteiger partial charge in [-0.1, -0.05) is 19.3 Å². The van der Waals surface area contributed by atoms with E-state index in [0.29, 0.717) is 19.1 Å². The number of hydrogen-bond donors (Lipinski definition) is 3. The lowest BCUT2D eigenvalue weighted by Gasteiger charge is -2.33. The van der Waals surface area contributed by atoms with Crippen molar-refractivity contribution in [3.63, 3.8) is 0 Å². The molecule has 3 N–H and O–H groups in total. The van der Waals surface area contributed by atoms with Gasteiger partial charge < -0.3 is 10.4 Å². The van der Waals surface area contributed by atoms with E-state index in [-0.39, 0.29) is 18.9 Å². The number of amides is 3. The number of imide groups is 1. The zero-order valence-corrected chi connectivity index (χ0v) is 11.7.